The Kier molecular flexibility index (Phi) is 6.64. The second kappa shape index (κ2) is 8.75. The van der Waals surface area contributed by atoms with Crippen molar-refractivity contribution in [1.82, 2.24) is 0 Å². The number of benzene rings is 2. The first-order valence-corrected chi connectivity index (χ1v) is 8.18. The Bertz CT molecular complexity index is 925. The molecule has 0 unspecified atom stereocenters. The number of fused-ring (bicyclic) bond motifs is 1. The number of nitrogens with two attached hydrogens (primary N) is 1. The molecule has 2 aromatic rings. The molecule has 3 rings (SSSR count). The predicted molar refractivity (Wildman–Crippen MR) is 108 cm³/mol. The normalized spacial score (nSPS) is 12.6. The highest BCUT2D eigenvalue weighted by molar-refractivity contribution is 6.04. The molecule has 0 saturated carbocycles. The van der Waals surface area contributed by atoms with Crippen molar-refractivity contribution in [3.63, 3.8) is 0 Å². The van der Waals surface area contributed by atoms with Crippen LogP contribution < -0.4 is 29.4 Å². The van der Waals surface area contributed by atoms with Gasteiger partial charge in [0.05, 0.1) is 34.1 Å². The molecular formula is C20H22ClNO6. The van der Waals surface area contributed by atoms with E-state index in [-0.39, 0.29) is 24.8 Å². The lowest BCUT2D eigenvalue weighted by Crippen LogP contribution is -2.08. The van der Waals surface area contributed by atoms with Gasteiger partial charge in [0.25, 0.3) is 0 Å². The van der Waals surface area contributed by atoms with Crippen LogP contribution in [-0.2, 0) is 4.79 Å². The van der Waals surface area contributed by atoms with Gasteiger partial charge < -0.3 is 29.4 Å². The van der Waals surface area contributed by atoms with Gasteiger partial charge in [0, 0.05) is 5.56 Å². The predicted octanol–water partition coefficient (Wildman–Crippen LogP) is 3.12. The highest BCUT2D eigenvalue weighted by Gasteiger charge is 2.27. The maximum atomic E-state index is 12.3. The van der Waals surface area contributed by atoms with Gasteiger partial charge in [-0.3, -0.25) is 4.79 Å². The van der Waals surface area contributed by atoms with E-state index in [9.17, 15) is 4.79 Å². The summed E-state index contributed by atoms with van der Waals surface area (Å²) in [5.41, 5.74) is 8.53. The summed E-state index contributed by atoms with van der Waals surface area (Å²) in [6.07, 6.45) is 1.53. The van der Waals surface area contributed by atoms with Crippen molar-refractivity contribution in [3.8, 4) is 28.7 Å². The quantitative estimate of drug-likeness (QED) is 0.761. The number of methoxy groups -OCH3 is 4. The summed E-state index contributed by atoms with van der Waals surface area (Å²) < 4.78 is 27.3. The Morgan fingerprint density at radius 2 is 1.61 bits per heavy atom. The first-order valence-electron chi connectivity index (χ1n) is 8.18. The average Bonchev–Trinajstić information content (AvgIpc) is 2.85. The number of carbonyl (C=O) groups is 1. The molecule has 2 aromatic carbocycles. The number of rotatable bonds is 5. The smallest absolute Gasteiger partial charge is 0.207 e. The molecule has 8 heteroatoms. The minimum atomic E-state index is -0.185. The Morgan fingerprint density at radius 1 is 0.929 bits per heavy atom. The first kappa shape index (κ1) is 21.2. The number of hydrogen-bond acceptors (Lipinski definition) is 7. The van der Waals surface area contributed by atoms with Crippen molar-refractivity contribution in [2.75, 3.05) is 40.8 Å². The lowest BCUT2D eigenvalue weighted by molar-refractivity contribution is -0.116. The van der Waals surface area contributed by atoms with Crippen LogP contribution in [0, 0.1) is 0 Å². The summed E-state index contributed by atoms with van der Waals surface area (Å²) in [7, 11) is 6.09. The maximum absolute atomic E-state index is 12.3. The molecular weight excluding hydrogens is 386 g/mol. The summed E-state index contributed by atoms with van der Waals surface area (Å²) in [6, 6.07) is 7.07. The monoisotopic (exact) mass is 407 g/mol. The van der Waals surface area contributed by atoms with Crippen LogP contribution in [0.4, 0.5) is 5.69 Å². The standard InChI is InChI=1S/C20H21NO6.ClH/c1-23-16-6-5-11(7-15(16)21)13-8-12(22)10-27-18-14(13)9-17(24-2)19(25-3)20(18)26-4;/h5-9H,10,21H2,1-4H3;1H. The third-order valence-corrected chi connectivity index (χ3v) is 4.28. The summed E-state index contributed by atoms with van der Waals surface area (Å²) in [4.78, 5) is 12.3. The minimum absolute atomic E-state index is 0. The maximum Gasteiger partial charge on any atom is 0.207 e. The Balaban J connectivity index is 0.00000280. The fourth-order valence-corrected chi connectivity index (χ4v) is 3.04. The molecule has 0 fully saturated rings. The number of carbonyl (C=O) groups excluding carboxylic acids is 1. The molecule has 0 aromatic heterocycles. The van der Waals surface area contributed by atoms with Crippen LogP contribution in [0.2, 0.25) is 0 Å². The van der Waals surface area contributed by atoms with Gasteiger partial charge in [-0.2, -0.15) is 0 Å². The van der Waals surface area contributed by atoms with E-state index in [0.717, 1.165) is 5.56 Å². The number of halogens is 1. The first-order chi connectivity index (χ1) is 13.0. The number of ketones is 1. The molecule has 1 aliphatic heterocycles. The van der Waals surface area contributed by atoms with Gasteiger partial charge in [-0.05, 0) is 35.4 Å². The van der Waals surface area contributed by atoms with Gasteiger partial charge in [-0.15, -0.1) is 12.4 Å². The van der Waals surface area contributed by atoms with E-state index >= 15 is 0 Å². The zero-order valence-electron chi connectivity index (χ0n) is 16.0. The molecule has 0 spiro atoms. The van der Waals surface area contributed by atoms with E-state index in [1.54, 1.807) is 25.3 Å². The molecule has 0 bridgehead atoms. The summed E-state index contributed by atoms with van der Waals surface area (Å²) >= 11 is 0. The van der Waals surface area contributed by atoms with E-state index in [2.05, 4.69) is 0 Å². The SMILES string of the molecule is COc1ccc(C2=CC(=O)COc3c2cc(OC)c(OC)c3OC)cc1N.Cl. The molecule has 1 aliphatic rings. The van der Waals surface area contributed by atoms with Gasteiger partial charge in [0.15, 0.2) is 23.9 Å². The number of anilines is 1. The topological polar surface area (TPSA) is 89.2 Å². The molecule has 0 saturated heterocycles. The Hall–Kier alpha value is -3.06. The van der Waals surface area contributed by atoms with E-state index in [0.29, 0.717) is 45.6 Å². The molecule has 28 heavy (non-hydrogen) atoms. The Morgan fingerprint density at radius 3 is 2.18 bits per heavy atom. The number of hydrogen-bond donors (Lipinski definition) is 1. The highest BCUT2D eigenvalue weighted by Crippen LogP contribution is 2.50. The van der Waals surface area contributed by atoms with Crippen LogP contribution in [0.15, 0.2) is 30.3 Å². The van der Waals surface area contributed by atoms with Gasteiger partial charge in [0.1, 0.15) is 5.75 Å². The summed E-state index contributed by atoms with van der Waals surface area (Å²) in [5, 5.41) is 0. The van der Waals surface area contributed by atoms with Gasteiger partial charge in [-0.25, -0.2) is 0 Å². The van der Waals surface area contributed by atoms with Gasteiger partial charge >= 0.3 is 0 Å². The zero-order valence-corrected chi connectivity index (χ0v) is 16.8. The zero-order chi connectivity index (χ0) is 19.6. The largest absolute Gasteiger partial charge is 0.495 e. The molecule has 0 radical (unpaired) electrons. The van der Waals surface area contributed by atoms with Crippen molar-refractivity contribution in [2.45, 2.75) is 0 Å². The average molecular weight is 408 g/mol. The summed E-state index contributed by atoms with van der Waals surface area (Å²) in [5.74, 6) is 1.98. The third-order valence-electron chi connectivity index (χ3n) is 4.28. The molecule has 0 atom stereocenters. The molecule has 1 heterocycles. The molecule has 150 valence electrons. The van der Waals surface area contributed by atoms with Crippen LogP contribution in [-0.4, -0.2) is 40.8 Å². The van der Waals surface area contributed by atoms with E-state index in [4.69, 9.17) is 29.4 Å². The van der Waals surface area contributed by atoms with Crippen molar-refractivity contribution in [3.05, 3.63) is 41.5 Å². The minimum Gasteiger partial charge on any atom is -0.495 e. The molecule has 2 N–H and O–H groups in total. The van der Waals surface area contributed by atoms with Crippen LogP contribution in [0.25, 0.3) is 5.57 Å². The van der Waals surface area contributed by atoms with E-state index in [1.807, 2.05) is 6.07 Å². The Labute approximate surface area is 169 Å². The molecule has 0 amide bonds. The fraction of sp³-hybridized carbons (Fsp3) is 0.250. The van der Waals surface area contributed by atoms with E-state index < -0.39 is 0 Å². The van der Waals surface area contributed by atoms with Crippen molar-refractivity contribution < 1.29 is 28.5 Å². The van der Waals surface area contributed by atoms with Crippen LogP contribution in [0.1, 0.15) is 11.1 Å². The summed E-state index contributed by atoms with van der Waals surface area (Å²) in [6.45, 7) is -0.117. The third kappa shape index (κ3) is 3.66. The second-order valence-corrected chi connectivity index (χ2v) is 5.79. The van der Waals surface area contributed by atoms with Crippen molar-refractivity contribution >= 4 is 29.5 Å². The second-order valence-electron chi connectivity index (χ2n) is 5.79. The van der Waals surface area contributed by atoms with Gasteiger partial charge in [-0.1, -0.05) is 6.07 Å². The highest BCUT2D eigenvalue weighted by atomic mass is 35.5. The molecule has 7 nitrogen and oxygen atoms in total. The number of nitrogen functional groups attached to an aromatic ring is 1. The molecule has 0 aliphatic carbocycles. The van der Waals surface area contributed by atoms with Crippen molar-refractivity contribution in [2.24, 2.45) is 0 Å². The van der Waals surface area contributed by atoms with E-state index in [1.165, 1.54) is 27.4 Å². The van der Waals surface area contributed by atoms with Crippen LogP contribution >= 0.6 is 12.4 Å². The lowest BCUT2D eigenvalue weighted by Gasteiger charge is -2.19. The van der Waals surface area contributed by atoms with Crippen LogP contribution in [0.5, 0.6) is 28.7 Å². The lowest BCUT2D eigenvalue weighted by atomic mass is 9.95. The van der Waals surface area contributed by atoms with Gasteiger partial charge in [0.2, 0.25) is 11.5 Å². The fourth-order valence-electron chi connectivity index (χ4n) is 3.04. The number of ether oxygens (including phenoxy) is 5. The van der Waals surface area contributed by atoms with Crippen molar-refractivity contribution in [1.29, 1.82) is 0 Å². The van der Waals surface area contributed by atoms with Crippen LogP contribution in [0.3, 0.4) is 0 Å².